The van der Waals surface area contributed by atoms with E-state index in [0.29, 0.717) is 28.6 Å². The number of nitrogens with one attached hydrogen (secondary N) is 1. The van der Waals surface area contributed by atoms with Gasteiger partial charge in [-0.15, -0.1) is 11.3 Å². The summed E-state index contributed by atoms with van der Waals surface area (Å²) in [6.45, 7) is 3.59. The molecule has 1 heterocycles. The molecule has 0 saturated heterocycles. The van der Waals surface area contributed by atoms with Crippen LogP contribution in [0.2, 0.25) is 0 Å². The Hall–Kier alpha value is -2.35. The third-order valence-electron chi connectivity index (χ3n) is 2.90. The summed E-state index contributed by atoms with van der Waals surface area (Å²) in [5, 5.41) is 6.08. The van der Waals surface area contributed by atoms with Crippen molar-refractivity contribution in [2.45, 2.75) is 20.3 Å². The van der Waals surface area contributed by atoms with E-state index in [-0.39, 0.29) is 12.4 Å². The second-order valence-corrected chi connectivity index (χ2v) is 5.46. The highest BCUT2D eigenvalue weighted by molar-refractivity contribution is 7.13. The Kier molecular flexibility index (Phi) is 5.75. The molecule has 2 rings (SSSR count). The molecule has 1 aromatic carbocycles. The Morgan fingerprint density at radius 2 is 2.26 bits per heavy atom. The number of nitrogens with zero attached hydrogens (tertiary/aromatic N) is 2. The quantitative estimate of drug-likeness (QED) is 0.498. The smallest absolute Gasteiger partial charge is 0.311 e. The van der Waals surface area contributed by atoms with Gasteiger partial charge in [0.2, 0.25) is 5.13 Å². The number of rotatable bonds is 6. The minimum atomic E-state index is -0.666. The zero-order chi connectivity index (χ0) is 16.8. The first-order valence-electron chi connectivity index (χ1n) is 6.84. The summed E-state index contributed by atoms with van der Waals surface area (Å²) in [6.07, 6.45) is 1.40. The molecule has 0 saturated carbocycles. The summed E-state index contributed by atoms with van der Waals surface area (Å²) in [5.74, 6) is -1.64. The van der Waals surface area contributed by atoms with Gasteiger partial charge in [-0.3, -0.25) is 10.2 Å². The molecule has 0 atom stereocenters. The third-order valence-corrected chi connectivity index (χ3v) is 3.69. The summed E-state index contributed by atoms with van der Waals surface area (Å²) in [7, 11) is 0. The number of hydrogen-bond acceptors (Lipinski definition) is 6. The van der Waals surface area contributed by atoms with Crippen LogP contribution in [0.4, 0.5) is 13.9 Å². The van der Waals surface area contributed by atoms with Crippen LogP contribution in [0.3, 0.4) is 0 Å². The van der Waals surface area contributed by atoms with E-state index in [1.54, 1.807) is 12.3 Å². The number of hydrazone groups is 1. The fraction of sp³-hybridized carbons (Fsp3) is 0.267. The molecule has 0 spiro atoms. The van der Waals surface area contributed by atoms with Crippen LogP contribution in [0.25, 0.3) is 0 Å². The van der Waals surface area contributed by atoms with E-state index in [1.807, 2.05) is 0 Å². The van der Waals surface area contributed by atoms with E-state index in [2.05, 4.69) is 15.5 Å². The molecule has 0 amide bonds. The summed E-state index contributed by atoms with van der Waals surface area (Å²) in [5.41, 5.74) is 3.87. The molecule has 0 radical (unpaired) electrons. The highest BCUT2D eigenvalue weighted by atomic mass is 32.1. The second kappa shape index (κ2) is 7.77. The fourth-order valence-corrected chi connectivity index (χ4v) is 2.42. The maximum absolute atomic E-state index is 13.4. The summed E-state index contributed by atoms with van der Waals surface area (Å²) >= 11 is 1.26. The maximum atomic E-state index is 13.4. The first-order chi connectivity index (χ1) is 11.0. The van der Waals surface area contributed by atoms with E-state index < -0.39 is 11.6 Å². The lowest BCUT2D eigenvalue weighted by atomic mass is 10.1. The normalized spacial score (nSPS) is 11.0. The summed E-state index contributed by atoms with van der Waals surface area (Å²) in [6, 6.07) is 2.01. The zero-order valence-corrected chi connectivity index (χ0v) is 13.4. The minimum absolute atomic E-state index is 0.0873. The van der Waals surface area contributed by atoms with Gasteiger partial charge in [-0.2, -0.15) is 5.10 Å². The van der Waals surface area contributed by atoms with Crippen LogP contribution >= 0.6 is 11.3 Å². The number of hydrogen-bond donors (Lipinski definition) is 1. The summed E-state index contributed by atoms with van der Waals surface area (Å²) in [4.78, 5) is 15.5. The monoisotopic (exact) mass is 339 g/mol. The number of benzene rings is 1. The third kappa shape index (κ3) is 4.82. The van der Waals surface area contributed by atoms with Crippen molar-refractivity contribution < 1.29 is 18.3 Å². The lowest BCUT2D eigenvalue weighted by Gasteiger charge is -2.02. The Balaban J connectivity index is 1.99. The predicted molar refractivity (Wildman–Crippen MR) is 84.8 cm³/mol. The van der Waals surface area contributed by atoms with E-state index in [0.717, 1.165) is 6.07 Å². The molecular formula is C15H15F2N3O2S. The van der Waals surface area contributed by atoms with Gasteiger partial charge in [-0.05, 0) is 25.5 Å². The largest absolute Gasteiger partial charge is 0.466 e. The Morgan fingerprint density at radius 3 is 3.00 bits per heavy atom. The van der Waals surface area contributed by atoms with Crippen molar-refractivity contribution in [1.29, 1.82) is 0 Å². The first-order valence-corrected chi connectivity index (χ1v) is 7.72. The van der Waals surface area contributed by atoms with Gasteiger partial charge in [-0.1, -0.05) is 0 Å². The van der Waals surface area contributed by atoms with Crippen LogP contribution in [0, 0.1) is 18.6 Å². The number of halogens is 2. The number of aromatic nitrogens is 1. The van der Waals surface area contributed by atoms with Gasteiger partial charge in [0.05, 0.1) is 24.9 Å². The van der Waals surface area contributed by atoms with Gasteiger partial charge in [0.25, 0.3) is 0 Å². The molecule has 0 aliphatic carbocycles. The second-order valence-electron chi connectivity index (χ2n) is 4.60. The van der Waals surface area contributed by atoms with Crippen molar-refractivity contribution in [3.05, 3.63) is 46.0 Å². The molecule has 2 aromatic rings. The molecule has 5 nitrogen and oxygen atoms in total. The molecule has 0 unspecified atom stereocenters. The van der Waals surface area contributed by atoms with Crippen LogP contribution < -0.4 is 5.43 Å². The molecule has 1 N–H and O–H groups in total. The highest BCUT2D eigenvalue weighted by Crippen LogP contribution is 2.17. The molecule has 8 heteroatoms. The molecule has 0 aliphatic rings. The van der Waals surface area contributed by atoms with E-state index in [1.165, 1.54) is 30.5 Å². The molecule has 1 aromatic heterocycles. The van der Waals surface area contributed by atoms with Crippen LogP contribution in [0.15, 0.2) is 22.6 Å². The van der Waals surface area contributed by atoms with E-state index >= 15 is 0 Å². The number of anilines is 1. The molecule has 0 bridgehead atoms. The molecular weight excluding hydrogens is 324 g/mol. The van der Waals surface area contributed by atoms with Crippen LogP contribution in [0.5, 0.6) is 0 Å². The van der Waals surface area contributed by atoms with Gasteiger partial charge in [0.1, 0.15) is 11.6 Å². The SMILES string of the molecule is CCOC(=O)Cc1csc(NN=Cc2cc(F)cc(F)c2C)n1. The number of ether oxygens (including phenoxy) is 1. The summed E-state index contributed by atoms with van der Waals surface area (Å²) < 4.78 is 31.4. The van der Waals surface area contributed by atoms with E-state index in [4.69, 9.17) is 4.74 Å². The van der Waals surface area contributed by atoms with Crippen LogP contribution in [0.1, 0.15) is 23.7 Å². The zero-order valence-electron chi connectivity index (χ0n) is 12.6. The van der Waals surface area contributed by atoms with Gasteiger partial charge >= 0.3 is 5.97 Å². The maximum Gasteiger partial charge on any atom is 0.311 e. The highest BCUT2D eigenvalue weighted by Gasteiger charge is 2.08. The Labute approximate surface area is 136 Å². The minimum Gasteiger partial charge on any atom is -0.466 e. The van der Waals surface area contributed by atoms with Gasteiger partial charge in [0, 0.05) is 17.0 Å². The fourth-order valence-electron chi connectivity index (χ4n) is 1.76. The average Bonchev–Trinajstić information content (AvgIpc) is 2.91. The molecule has 0 fully saturated rings. The number of thiazole rings is 1. The molecule has 122 valence electrons. The number of esters is 1. The van der Waals surface area contributed by atoms with Crippen LogP contribution in [-0.4, -0.2) is 23.8 Å². The predicted octanol–water partition coefficient (Wildman–Crippen LogP) is 3.28. The van der Waals surface area contributed by atoms with Crippen molar-refractivity contribution in [3.8, 4) is 0 Å². The van der Waals surface area contributed by atoms with Gasteiger partial charge in [0.15, 0.2) is 0 Å². The van der Waals surface area contributed by atoms with Crippen molar-refractivity contribution in [2.75, 3.05) is 12.0 Å². The van der Waals surface area contributed by atoms with E-state index in [9.17, 15) is 13.6 Å². The lowest BCUT2D eigenvalue weighted by molar-refractivity contribution is -0.142. The van der Waals surface area contributed by atoms with Crippen molar-refractivity contribution in [2.24, 2.45) is 5.10 Å². The number of carbonyl (C=O) groups excluding carboxylic acids is 1. The van der Waals surface area contributed by atoms with Crippen molar-refractivity contribution in [1.82, 2.24) is 4.98 Å². The van der Waals surface area contributed by atoms with Crippen LogP contribution in [-0.2, 0) is 16.0 Å². The Morgan fingerprint density at radius 1 is 1.48 bits per heavy atom. The van der Waals surface area contributed by atoms with Gasteiger partial charge in [-0.25, -0.2) is 13.8 Å². The molecule has 0 aliphatic heterocycles. The first kappa shape index (κ1) is 17.0. The topological polar surface area (TPSA) is 63.6 Å². The van der Waals surface area contributed by atoms with Crippen molar-refractivity contribution in [3.63, 3.8) is 0 Å². The molecule has 23 heavy (non-hydrogen) atoms. The lowest BCUT2D eigenvalue weighted by Crippen LogP contribution is -2.07. The average molecular weight is 339 g/mol. The number of carbonyl (C=O) groups is 1. The van der Waals surface area contributed by atoms with Crippen molar-refractivity contribution >= 4 is 28.7 Å². The van der Waals surface area contributed by atoms with Gasteiger partial charge < -0.3 is 4.74 Å². The standard InChI is InChI=1S/C15H15F2N3O2S/c1-3-22-14(21)6-12-8-23-15(19-12)20-18-7-10-4-11(16)5-13(17)9(10)2/h4-5,7-8H,3,6H2,1-2H3,(H,19,20). The Bertz CT molecular complexity index is 732.